The maximum Gasteiger partial charge on any atom is 0.237 e. The molecule has 1 atom stereocenters. The molecule has 0 aliphatic heterocycles. The molecule has 0 radical (unpaired) electrons. The fourth-order valence-corrected chi connectivity index (χ4v) is 2.91. The van der Waals surface area contributed by atoms with Crippen molar-refractivity contribution in [3.8, 4) is 0 Å². The molecule has 2 aromatic rings. The first-order valence-corrected chi connectivity index (χ1v) is 8.35. The van der Waals surface area contributed by atoms with E-state index < -0.39 is 0 Å². The highest BCUT2D eigenvalue weighted by atomic mass is 32.2. The van der Waals surface area contributed by atoms with Gasteiger partial charge in [0.1, 0.15) is 6.33 Å². The van der Waals surface area contributed by atoms with Crippen molar-refractivity contribution < 1.29 is 4.79 Å². The van der Waals surface area contributed by atoms with Gasteiger partial charge in [0.25, 0.3) is 0 Å². The zero-order valence-corrected chi connectivity index (χ0v) is 14.2. The van der Waals surface area contributed by atoms with Crippen molar-refractivity contribution in [1.82, 2.24) is 14.8 Å². The fraction of sp³-hybridized carbons (Fsp3) is 0.438. The molecule has 1 N–H and O–H groups in total. The van der Waals surface area contributed by atoms with Gasteiger partial charge in [0.2, 0.25) is 5.91 Å². The van der Waals surface area contributed by atoms with Crippen molar-refractivity contribution in [2.75, 3.05) is 5.32 Å². The standard InChI is InChI=1S/C16H22N4OS/c1-5-13-6-8-14(9-7-13)18-15(21)12(4)22-16-19-17-10-20(16)11(2)3/h6-12H,5H2,1-4H3,(H,18,21)/t12-/m0/s1. The van der Waals surface area contributed by atoms with Gasteiger partial charge < -0.3 is 9.88 Å². The number of carbonyl (C=O) groups excluding carboxylic acids is 1. The van der Waals surface area contributed by atoms with Crippen LogP contribution in [-0.2, 0) is 11.2 Å². The van der Waals surface area contributed by atoms with Crippen molar-refractivity contribution in [2.24, 2.45) is 0 Å². The molecule has 0 saturated carbocycles. The average molecular weight is 318 g/mol. The highest BCUT2D eigenvalue weighted by molar-refractivity contribution is 8.00. The summed E-state index contributed by atoms with van der Waals surface area (Å²) in [5, 5.41) is 11.5. The summed E-state index contributed by atoms with van der Waals surface area (Å²) < 4.78 is 1.96. The van der Waals surface area contributed by atoms with Crippen LogP contribution in [0, 0.1) is 0 Å². The number of hydrogen-bond acceptors (Lipinski definition) is 4. The minimum atomic E-state index is -0.243. The summed E-state index contributed by atoms with van der Waals surface area (Å²) in [7, 11) is 0. The van der Waals surface area contributed by atoms with Crippen molar-refractivity contribution in [3.63, 3.8) is 0 Å². The van der Waals surface area contributed by atoms with E-state index in [4.69, 9.17) is 0 Å². The Morgan fingerprint density at radius 3 is 2.55 bits per heavy atom. The molecule has 1 amide bonds. The van der Waals surface area contributed by atoms with E-state index in [1.807, 2.05) is 35.8 Å². The Morgan fingerprint density at radius 2 is 1.95 bits per heavy atom. The molecule has 6 heteroatoms. The third-order valence-electron chi connectivity index (χ3n) is 3.38. The van der Waals surface area contributed by atoms with Crippen molar-refractivity contribution in [3.05, 3.63) is 36.2 Å². The number of nitrogens with one attached hydrogen (secondary N) is 1. The molecular formula is C16H22N4OS. The van der Waals surface area contributed by atoms with Gasteiger partial charge >= 0.3 is 0 Å². The Balaban J connectivity index is 1.98. The van der Waals surface area contributed by atoms with E-state index in [2.05, 4.69) is 36.3 Å². The van der Waals surface area contributed by atoms with E-state index in [0.717, 1.165) is 17.3 Å². The SMILES string of the molecule is CCc1ccc(NC(=O)[C@H](C)Sc2nncn2C(C)C)cc1. The number of anilines is 1. The van der Waals surface area contributed by atoms with Crippen LogP contribution in [0.2, 0.25) is 0 Å². The van der Waals surface area contributed by atoms with Crippen LogP contribution in [0.25, 0.3) is 0 Å². The Morgan fingerprint density at radius 1 is 1.27 bits per heavy atom. The zero-order chi connectivity index (χ0) is 16.1. The zero-order valence-electron chi connectivity index (χ0n) is 13.4. The normalized spacial score (nSPS) is 12.4. The quantitative estimate of drug-likeness (QED) is 0.828. The Hall–Kier alpha value is -1.82. The van der Waals surface area contributed by atoms with Gasteiger partial charge in [0.15, 0.2) is 5.16 Å². The largest absolute Gasteiger partial charge is 0.325 e. The number of nitrogens with zero attached hydrogens (tertiary/aromatic N) is 3. The van der Waals surface area contributed by atoms with E-state index in [1.54, 1.807) is 6.33 Å². The predicted molar refractivity (Wildman–Crippen MR) is 90.2 cm³/mol. The maximum absolute atomic E-state index is 12.3. The van der Waals surface area contributed by atoms with Crippen molar-refractivity contribution in [2.45, 2.75) is 50.6 Å². The molecule has 0 unspecified atom stereocenters. The number of benzene rings is 1. The molecule has 22 heavy (non-hydrogen) atoms. The molecule has 118 valence electrons. The van der Waals surface area contributed by atoms with E-state index in [1.165, 1.54) is 17.3 Å². The second-order valence-electron chi connectivity index (χ2n) is 5.41. The van der Waals surface area contributed by atoms with Crippen molar-refractivity contribution >= 4 is 23.4 Å². The molecule has 0 aliphatic rings. The molecule has 0 fully saturated rings. The molecule has 0 spiro atoms. The summed E-state index contributed by atoms with van der Waals surface area (Å²) >= 11 is 1.42. The van der Waals surface area contributed by atoms with E-state index in [9.17, 15) is 4.79 Å². The van der Waals surface area contributed by atoms with Crippen LogP contribution in [0.5, 0.6) is 0 Å². The van der Waals surface area contributed by atoms with Crippen LogP contribution < -0.4 is 5.32 Å². The number of rotatable bonds is 6. The van der Waals surface area contributed by atoms with Crippen LogP contribution in [0.1, 0.15) is 39.3 Å². The number of hydrogen-bond donors (Lipinski definition) is 1. The fourth-order valence-electron chi connectivity index (χ4n) is 1.95. The first-order chi connectivity index (χ1) is 10.5. The highest BCUT2D eigenvalue weighted by Crippen LogP contribution is 2.24. The molecule has 0 saturated heterocycles. The van der Waals surface area contributed by atoms with Crippen LogP contribution >= 0.6 is 11.8 Å². The molecule has 5 nitrogen and oxygen atoms in total. The van der Waals surface area contributed by atoms with E-state index in [0.29, 0.717) is 0 Å². The van der Waals surface area contributed by atoms with Gasteiger partial charge in [-0.2, -0.15) is 0 Å². The minimum absolute atomic E-state index is 0.0347. The molecule has 1 aromatic carbocycles. The summed E-state index contributed by atoms with van der Waals surface area (Å²) in [6.07, 6.45) is 2.69. The average Bonchev–Trinajstić information content (AvgIpc) is 2.96. The molecule has 2 rings (SSSR count). The topological polar surface area (TPSA) is 59.8 Å². The van der Waals surface area contributed by atoms with Gasteiger partial charge in [0.05, 0.1) is 5.25 Å². The van der Waals surface area contributed by atoms with Gasteiger partial charge in [-0.25, -0.2) is 0 Å². The summed E-state index contributed by atoms with van der Waals surface area (Å²) in [6, 6.07) is 8.20. The van der Waals surface area contributed by atoms with Crippen molar-refractivity contribution in [1.29, 1.82) is 0 Å². The van der Waals surface area contributed by atoms with Gasteiger partial charge in [-0.3, -0.25) is 4.79 Å². The number of thioether (sulfide) groups is 1. The van der Waals surface area contributed by atoms with Crippen LogP contribution in [-0.4, -0.2) is 25.9 Å². The lowest BCUT2D eigenvalue weighted by atomic mass is 10.1. The Kier molecular flexibility index (Phi) is 5.60. The second kappa shape index (κ2) is 7.45. The van der Waals surface area contributed by atoms with E-state index in [-0.39, 0.29) is 17.2 Å². The first-order valence-electron chi connectivity index (χ1n) is 7.47. The van der Waals surface area contributed by atoms with Gasteiger partial charge in [0, 0.05) is 11.7 Å². The lowest BCUT2D eigenvalue weighted by Crippen LogP contribution is -2.23. The molecular weight excluding hydrogens is 296 g/mol. The number of carbonyl (C=O) groups is 1. The second-order valence-corrected chi connectivity index (χ2v) is 6.72. The van der Waals surface area contributed by atoms with Gasteiger partial charge in [-0.05, 0) is 44.9 Å². The van der Waals surface area contributed by atoms with Gasteiger partial charge in [-0.15, -0.1) is 10.2 Å². The lowest BCUT2D eigenvalue weighted by Gasteiger charge is -2.14. The predicted octanol–water partition coefficient (Wildman–Crippen LogP) is 3.54. The van der Waals surface area contributed by atoms with Crippen LogP contribution in [0.4, 0.5) is 5.69 Å². The molecule has 1 heterocycles. The van der Waals surface area contributed by atoms with E-state index >= 15 is 0 Å². The Labute approximate surface area is 135 Å². The van der Waals surface area contributed by atoms with Crippen LogP contribution in [0.15, 0.2) is 35.7 Å². The summed E-state index contributed by atoms with van der Waals surface area (Å²) in [4.78, 5) is 12.3. The Bertz CT molecular complexity index is 621. The number of aromatic nitrogens is 3. The highest BCUT2D eigenvalue weighted by Gasteiger charge is 2.18. The molecule has 0 bridgehead atoms. The lowest BCUT2D eigenvalue weighted by molar-refractivity contribution is -0.115. The monoisotopic (exact) mass is 318 g/mol. The third-order valence-corrected chi connectivity index (χ3v) is 4.45. The smallest absolute Gasteiger partial charge is 0.237 e. The summed E-state index contributed by atoms with van der Waals surface area (Å²) in [5.74, 6) is -0.0347. The number of aryl methyl sites for hydroxylation is 1. The summed E-state index contributed by atoms with van der Waals surface area (Å²) in [6.45, 7) is 8.11. The molecule has 1 aromatic heterocycles. The first kappa shape index (κ1) is 16.5. The third kappa shape index (κ3) is 4.10. The maximum atomic E-state index is 12.3. The molecule has 0 aliphatic carbocycles. The number of amides is 1. The van der Waals surface area contributed by atoms with Gasteiger partial charge in [-0.1, -0.05) is 30.8 Å². The minimum Gasteiger partial charge on any atom is -0.325 e. The van der Waals surface area contributed by atoms with Crippen LogP contribution in [0.3, 0.4) is 0 Å². The summed E-state index contributed by atoms with van der Waals surface area (Å²) in [5.41, 5.74) is 2.07.